The number of nitrogens with one attached hydrogen (secondary N) is 1. The summed E-state index contributed by atoms with van der Waals surface area (Å²) in [6, 6.07) is -0.983. The fourth-order valence-electron chi connectivity index (χ4n) is 10.5. The lowest BCUT2D eigenvalue weighted by Gasteiger charge is -2.48. The summed E-state index contributed by atoms with van der Waals surface area (Å²) >= 11 is 0. The summed E-state index contributed by atoms with van der Waals surface area (Å²) < 4.78 is 33.8. The van der Waals surface area contributed by atoms with Crippen molar-refractivity contribution in [3.63, 3.8) is 0 Å². The third-order valence-electron chi connectivity index (χ3n) is 15.6. The van der Waals surface area contributed by atoms with Crippen LogP contribution in [-0.2, 0) is 33.2 Å². The van der Waals surface area contributed by atoms with Crippen molar-refractivity contribution in [1.82, 2.24) is 5.32 Å². The molecule has 0 saturated carbocycles. The minimum Gasteiger partial charge on any atom is -0.394 e. The molecule has 3 fully saturated rings. The van der Waals surface area contributed by atoms with Gasteiger partial charge in [0.25, 0.3) is 0 Å². The van der Waals surface area contributed by atoms with E-state index in [9.17, 15) is 61.0 Å². The van der Waals surface area contributed by atoms with E-state index in [1.54, 1.807) is 13.0 Å². The van der Waals surface area contributed by atoms with Crippen LogP contribution in [0.2, 0.25) is 0 Å². The number of hydrogen-bond acceptors (Lipinski definition) is 18. The smallest absolute Gasteiger partial charge is 0.220 e. The van der Waals surface area contributed by atoms with Gasteiger partial charge in [0.1, 0.15) is 73.2 Å². The second-order valence-electron chi connectivity index (χ2n) is 22.1. The summed E-state index contributed by atoms with van der Waals surface area (Å²) in [6.07, 6.45) is 20.8. The summed E-state index contributed by atoms with van der Waals surface area (Å²) in [5, 5.41) is 119. The Morgan fingerprint density at radius 3 is 1.23 bits per heavy atom. The zero-order chi connectivity index (χ0) is 56.9. The standard InChI is InChI=1S/C59H109NO18/c1-3-5-6-7-8-9-10-11-12-13-14-15-16-17-18-19-20-21-22-23-24-25-26-27-28-29-30-31-32-33-34-35-36-37-43(64)42(60-47(65)4-2)41-73-57-53(71)50(68)55(45(39-62)75-57)78-59-54(72)51(69)56(46(40-63)76-59)77-58-52(70)49(67)48(66)44(38-61)74-58/h32-33,36-37,42-46,48-59,61-64,66-72H,3-31,34-35,38-41H2,1-2H3,(H,60,65)/b33-32+,37-36+. The van der Waals surface area contributed by atoms with Gasteiger partial charge >= 0.3 is 0 Å². The third-order valence-corrected chi connectivity index (χ3v) is 15.6. The fraction of sp³-hybridized carbons (Fsp3) is 0.915. The first kappa shape index (κ1) is 70.5. The van der Waals surface area contributed by atoms with Crippen LogP contribution in [-0.4, -0.2) is 193 Å². The van der Waals surface area contributed by atoms with E-state index >= 15 is 0 Å². The van der Waals surface area contributed by atoms with E-state index in [4.69, 9.17) is 28.4 Å². The zero-order valence-corrected chi connectivity index (χ0v) is 47.7. The molecule has 0 spiro atoms. The Labute approximate surface area is 467 Å². The topological polar surface area (TPSA) is 307 Å². The summed E-state index contributed by atoms with van der Waals surface area (Å²) in [5.74, 6) is -0.373. The average molecular weight is 1120 g/mol. The summed E-state index contributed by atoms with van der Waals surface area (Å²) in [7, 11) is 0. The molecular formula is C59H109NO18. The minimum atomic E-state index is -1.98. The number of unbranched alkanes of at least 4 members (excludes halogenated alkanes) is 28. The predicted molar refractivity (Wildman–Crippen MR) is 296 cm³/mol. The first-order chi connectivity index (χ1) is 37.8. The Morgan fingerprint density at radius 1 is 0.449 bits per heavy atom. The third kappa shape index (κ3) is 26.7. The van der Waals surface area contributed by atoms with Gasteiger partial charge in [-0.3, -0.25) is 4.79 Å². The van der Waals surface area contributed by atoms with Gasteiger partial charge in [-0.1, -0.05) is 205 Å². The van der Waals surface area contributed by atoms with Gasteiger partial charge in [0.15, 0.2) is 18.9 Å². The number of carbonyl (C=O) groups excluding carboxylic acids is 1. The molecule has 0 bridgehead atoms. The lowest BCUT2D eigenvalue weighted by molar-refractivity contribution is -0.379. The average Bonchev–Trinajstić information content (AvgIpc) is 3.45. The molecule has 17 unspecified atom stereocenters. The van der Waals surface area contributed by atoms with E-state index < -0.39 is 124 Å². The van der Waals surface area contributed by atoms with Gasteiger partial charge in [-0.05, 0) is 25.7 Å². The molecule has 0 aromatic carbocycles. The largest absolute Gasteiger partial charge is 0.394 e. The second kappa shape index (κ2) is 43.0. The molecule has 3 rings (SSSR count). The quantitative estimate of drug-likeness (QED) is 0.0263. The molecule has 17 atom stereocenters. The predicted octanol–water partition coefficient (Wildman–Crippen LogP) is 5.54. The van der Waals surface area contributed by atoms with Gasteiger partial charge < -0.3 is 89.9 Å². The van der Waals surface area contributed by atoms with Crippen molar-refractivity contribution in [2.75, 3.05) is 26.4 Å². The highest BCUT2D eigenvalue weighted by Gasteiger charge is 2.53. The van der Waals surface area contributed by atoms with Gasteiger partial charge in [-0.15, -0.1) is 0 Å². The highest BCUT2D eigenvalue weighted by atomic mass is 16.8. The van der Waals surface area contributed by atoms with E-state index in [1.807, 2.05) is 6.08 Å². The van der Waals surface area contributed by atoms with Crippen molar-refractivity contribution in [1.29, 1.82) is 0 Å². The number of aliphatic hydroxyl groups is 11. The Morgan fingerprint density at radius 2 is 0.808 bits per heavy atom. The van der Waals surface area contributed by atoms with Crippen LogP contribution < -0.4 is 5.32 Å². The Balaban J connectivity index is 1.24. The van der Waals surface area contributed by atoms with E-state index in [0.29, 0.717) is 6.42 Å². The number of ether oxygens (including phenoxy) is 6. The molecule has 12 N–H and O–H groups in total. The molecule has 19 heteroatoms. The highest BCUT2D eigenvalue weighted by Crippen LogP contribution is 2.33. The molecule has 3 aliphatic rings. The van der Waals surface area contributed by atoms with Gasteiger partial charge in [-0.25, -0.2) is 0 Å². The van der Waals surface area contributed by atoms with Crippen LogP contribution >= 0.6 is 0 Å². The normalized spacial score (nSPS) is 30.6. The maximum atomic E-state index is 12.4. The van der Waals surface area contributed by atoms with Crippen LogP contribution in [0.25, 0.3) is 0 Å². The lowest BCUT2D eigenvalue weighted by atomic mass is 9.96. The zero-order valence-electron chi connectivity index (χ0n) is 47.7. The molecule has 78 heavy (non-hydrogen) atoms. The van der Waals surface area contributed by atoms with Crippen LogP contribution in [0.3, 0.4) is 0 Å². The number of amides is 1. The molecule has 19 nitrogen and oxygen atoms in total. The lowest BCUT2D eigenvalue weighted by Crippen LogP contribution is -2.66. The van der Waals surface area contributed by atoms with E-state index in [0.717, 1.165) is 19.3 Å². The van der Waals surface area contributed by atoms with Gasteiger partial charge in [0.05, 0.1) is 38.6 Å². The molecule has 0 aromatic heterocycles. The van der Waals surface area contributed by atoms with Gasteiger partial charge in [0.2, 0.25) is 5.91 Å². The van der Waals surface area contributed by atoms with Crippen LogP contribution in [0.5, 0.6) is 0 Å². The number of aliphatic hydroxyl groups excluding tert-OH is 11. The number of rotatable bonds is 45. The van der Waals surface area contributed by atoms with E-state index in [2.05, 4.69) is 24.4 Å². The molecule has 3 saturated heterocycles. The summed E-state index contributed by atoms with van der Waals surface area (Å²) in [4.78, 5) is 12.4. The van der Waals surface area contributed by atoms with Crippen LogP contribution in [0.1, 0.15) is 213 Å². The molecule has 0 aliphatic carbocycles. The van der Waals surface area contributed by atoms with Crippen LogP contribution in [0.4, 0.5) is 0 Å². The van der Waals surface area contributed by atoms with Crippen molar-refractivity contribution >= 4 is 5.91 Å². The Kier molecular flexibility index (Phi) is 38.9. The molecule has 458 valence electrons. The van der Waals surface area contributed by atoms with Crippen molar-refractivity contribution < 1.29 is 89.4 Å². The number of hydrogen-bond donors (Lipinski definition) is 12. The second-order valence-corrected chi connectivity index (χ2v) is 22.1. The van der Waals surface area contributed by atoms with E-state index in [-0.39, 0.29) is 18.9 Å². The molecule has 0 aromatic rings. The van der Waals surface area contributed by atoms with Crippen molar-refractivity contribution in [3.05, 3.63) is 24.3 Å². The molecule has 3 aliphatic heterocycles. The number of carbonyl (C=O) groups is 1. The summed E-state index contributed by atoms with van der Waals surface area (Å²) in [6.45, 7) is 1.13. The van der Waals surface area contributed by atoms with Crippen LogP contribution in [0.15, 0.2) is 24.3 Å². The molecule has 1 amide bonds. The van der Waals surface area contributed by atoms with Gasteiger partial charge in [0, 0.05) is 6.42 Å². The van der Waals surface area contributed by atoms with Crippen LogP contribution in [0, 0.1) is 0 Å². The maximum Gasteiger partial charge on any atom is 0.220 e. The summed E-state index contributed by atoms with van der Waals surface area (Å²) in [5.41, 5.74) is 0. The first-order valence-corrected chi connectivity index (χ1v) is 30.6. The first-order valence-electron chi connectivity index (χ1n) is 30.6. The van der Waals surface area contributed by atoms with Gasteiger partial charge in [-0.2, -0.15) is 0 Å². The monoisotopic (exact) mass is 1120 g/mol. The van der Waals surface area contributed by atoms with Crippen molar-refractivity contribution in [3.8, 4) is 0 Å². The number of allylic oxidation sites excluding steroid dienone is 3. The fourth-order valence-corrected chi connectivity index (χ4v) is 10.5. The minimum absolute atomic E-state index is 0.117. The Bertz CT molecular complexity index is 1530. The Hall–Kier alpha value is -1.73. The molecule has 0 radical (unpaired) electrons. The molecule has 3 heterocycles. The van der Waals surface area contributed by atoms with Crippen molar-refractivity contribution in [2.45, 2.75) is 317 Å². The highest BCUT2D eigenvalue weighted by molar-refractivity contribution is 5.75. The van der Waals surface area contributed by atoms with E-state index in [1.165, 1.54) is 167 Å². The van der Waals surface area contributed by atoms with Crippen molar-refractivity contribution in [2.24, 2.45) is 0 Å². The molecular weight excluding hydrogens is 1010 g/mol. The maximum absolute atomic E-state index is 12.4. The SMILES string of the molecule is CCCCCCCCCCCCCCCCCCCCCCCCCCCCC/C=C/CC/C=C/C(O)C(COC1OC(CO)C(OC2OC(CO)C(OC3OC(CO)C(O)C(O)C3O)C(O)C2O)C(O)C1O)NC(=O)CC.